The quantitative estimate of drug-likeness (QED) is 0.172. The largest absolute Gasteiger partial charge is 0.480 e. The number of hydrogen-bond donors (Lipinski definition) is 7. The average Bonchev–Trinajstić information content (AvgIpc) is 3.21. The van der Waals surface area contributed by atoms with E-state index >= 15 is 0 Å². The normalized spacial score (nSPS) is 13.8. The number of amides is 3. The smallest absolute Gasteiger partial charge is 0.326 e. The van der Waals surface area contributed by atoms with Crippen LogP contribution in [0.5, 0.6) is 0 Å². The molecule has 0 bridgehead atoms. The van der Waals surface area contributed by atoms with Gasteiger partial charge in [-0.05, 0) is 18.4 Å². The van der Waals surface area contributed by atoms with Crippen LogP contribution in [-0.2, 0) is 25.6 Å². The summed E-state index contributed by atoms with van der Waals surface area (Å²) in [7, 11) is 0. The van der Waals surface area contributed by atoms with Crippen molar-refractivity contribution in [2.45, 2.75) is 31.0 Å². The number of aliphatic carboxylic acids is 1. The third-order valence-corrected chi connectivity index (χ3v) is 4.87. The molecule has 3 amide bonds. The molecule has 0 saturated carbocycles. The second-order valence-electron chi connectivity index (χ2n) is 6.03. The zero-order valence-electron chi connectivity index (χ0n) is 15.9. The van der Waals surface area contributed by atoms with Gasteiger partial charge in [-0.1, -0.05) is 0 Å². The standard InChI is InChI=1S/C16H26N6O5S2/c1-29-3-2-10(21-15(25)12(7-28)20-13(23)5-17)14(24)22-11(16(26)27)4-9-6-18-8-19-9/h6,8,10-12,28H,2-5,7,17H2,1H3,(H,18,19)(H,20,23)(H,21,25)(H,22,24)(H,26,27). The number of carboxylic acid groups (broad SMARTS) is 1. The van der Waals surface area contributed by atoms with E-state index in [2.05, 4.69) is 38.5 Å². The van der Waals surface area contributed by atoms with E-state index in [1.807, 2.05) is 6.26 Å². The Labute approximate surface area is 177 Å². The molecule has 1 heterocycles. The summed E-state index contributed by atoms with van der Waals surface area (Å²) in [5, 5.41) is 16.8. The highest BCUT2D eigenvalue weighted by atomic mass is 32.2. The highest BCUT2D eigenvalue weighted by Gasteiger charge is 2.29. The van der Waals surface area contributed by atoms with E-state index in [0.717, 1.165) is 0 Å². The Kier molecular flexibility index (Phi) is 11.2. The first-order valence-corrected chi connectivity index (χ1v) is 10.7. The van der Waals surface area contributed by atoms with Crippen LogP contribution in [0.1, 0.15) is 12.1 Å². The molecule has 7 N–H and O–H groups in total. The number of carbonyl (C=O) groups excluding carboxylic acids is 3. The summed E-state index contributed by atoms with van der Waals surface area (Å²) >= 11 is 5.51. The van der Waals surface area contributed by atoms with Crippen LogP contribution in [0, 0.1) is 0 Å². The Bertz CT molecular complexity index is 687. The molecule has 1 aromatic heterocycles. The molecular formula is C16H26N6O5S2. The minimum Gasteiger partial charge on any atom is -0.480 e. The van der Waals surface area contributed by atoms with Crippen molar-refractivity contribution in [1.29, 1.82) is 0 Å². The van der Waals surface area contributed by atoms with Gasteiger partial charge in [-0.15, -0.1) is 0 Å². The lowest BCUT2D eigenvalue weighted by Gasteiger charge is -2.23. The van der Waals surface area contributed by atoms with Gasteiger partial charge in [0.2, 0.25) is 17.7 Å². The molecule has 11 nitrogen and oxygen atoms in total. The molecule has 0 spiro atoms. The van der Waals surface area contributed by atoms with Crippen molar-refractivity contribution in [2.24, 2.45) is 5.73 Å². The Morgan fingerprint density at radius 2 is 1.86 bits per heavy atom. The van der Waals surface area contributed by atoms with Crippen molar-refractivity contribution in [3.63, 3.8) is 0 Å². The van der Waals surface area contributed by atoms with E-state index in [-0.39, 0.29) is 25.1 Å². The maximum atomic E-state index is 12.7. The number of nitrogens with zero attached hydrogens (tertiary/aromatic N) is 1. The van der Waals surface area contributed by atoms with Crippen LogP contribution in [0.2, 0.25) is 0 Å². The van der Waals surface area contributed by atoms with Gasteiger partial charge in [0.15, 0.2) is 0 Å². The number of imidazole rings is 1. The molecule has 29 heavy (non-hydrogen) atoms. The van der Waals surface area contributed by atoms with Crippen LogP contribution in [0.25, 0.3) is 0 Å². The van der Waals surface area contributed by atoms with Gasteiger partial charge in [-0.25, -0.2) is 9.78 Å². The maximum Gasteiger partial charge on any atom is 0.326 e. The van der Waals surface area contributed by atoms with E-state index in [9.17, 15) is 24.3 Å². The molecule has 0 saturated heterocycles. The number of carbonyl (C=O) groups is 4. The minimum atomic E-state index is -1.22. The van der Waals surface area contributed by atoms with Gasteiger partial charge in [0.05, 0.1) is 12.9 Å². The van der Waals surface area contributed by atoms with Crippen molar-refractivity contribution >= 4 is 48.1 Å². The summed E-state index contributed by atoms with van der Waals surface area (Å²) in [4.78, 5) is 54.7. The number of nitrogens with one attached hydrogen (secondary N) is 4. The highest BCUT2D eigenvalue weighted by Crippen LogP contribution is 2.05. The van der Waals surface area contributed by atoms with Crippen molar-refractivity contribution in [3.8, 4) is 0 Å². The summed E-state index contributed by atoms with van der Waals surface area (Å²) in [5.41, 5.74) is 5.77. The minimum absolute atomic E-state index is 0.00597. The molecular weight excluding hydrogens is 420 g/mol. The predicted molar refractivity (Wildman–Crippen MR) is 112 cm³/mol. The molecule has 3 atom stereocenters. The fraction of sp³-hybridized carbons (Fsp3) is 0.562. The summed E-state index contributed by atoms with van der Waals surface area (Å²) in [6, 6.07) is -3.15. The third-order valence-electron chi connectivity index (χ3n) is 3.86. The molecule has 0 fully saturated rings. The topological polar surface area (TPSA) is 179 Å². The number of rotatable bonds is 13. The first-order chi connectivity index (χ1) is 13.8. The van der Waals surface area contributed by atoms with Crippen molar-refractivity contribution < 1.29 is 24.3 Å². The third kappa shape index (κ3) is 8.75. The van der Waals surface area contributed by atoms with Crippen LogP contribution >= 0.6 is 24.4 Å². The molecule has 13 heteroatoms. The lowest BCUT2D eigenvalue weighted by atomic mass is 10.1. The monoisotopic (exact) mass is 446 g/mol. The predicted octanol–water partition coefficient (Wildman–Crippen LogP) is -1.87. The van der Waals surface area contributed by atoms with Gasteiger partial charge in [0.1, 0.15) is 18.1 Å². The number of nitrogens with two attached hydrogens (primary N) is 1. The Balaban J connectivity index is 2.82. The number of hydrogen-bond acceptors (Lipinski definition) is 8. The van der Waals surface area contributed by atoms with E-state index in [0.29, 0.717) is 11.4 Å². The number of H-pyrrole nitrogens is 1. The van der Waals surface area contributed by atoms with Crippen LogP contribution in [0.15, 0.2) is 12.5 Å². The summed E-state index contributed by atoms with van der Waals surface area (Å²) < 4.78 is 0. The van der Waals surface area contributed by atoms with Crippen LogP contribution in [0.3, 0.4) is 0 Å². The average molecular weight is 447 g/mol. The zero-order valence-corrected chi connectivity index (χ0v) is 17.6. The molecule has 162 valence electrons. The molecule has 0 aromatic carbocycles. The second kappa shape index (κ2) is 13.1. The number of carboxylic acids is 1. The first-order valence-electron chi connectivity index (χ1n) is 8.72. The Hall–Kier alpha value is -2.25. The lowest BCUT2D eigenvalue weighted by Crippen LogP contribution is -2.57. The van der Waals surface area contributed by atoms with Crippen molar-refractivity contribution in [2.75, 3.05) is 24.3 Å². The number of aromatic amines is 1. The Morgan fingerprint density at radius 1 is 1.21 bits per heavy atom. The summed E-state index contributed by atoms with van der Waals surface area (Å²) in [6.45, 7) is -0.290. The van der Waals surface area contributed by atoms with Crippen molar-refractivity contribution in [3.05, 3.63) is 18.2 Å². The van der Waals surface area contributed by atoms with Crippen LogP contribution < -0.4 is 21.7 Å². The number of thiol groups is 1. The lowest BCUT2D eigenvalue weighted by molar-refractivity contribution is -0.142. The summed E-state index contributed by atoms with van der Waals surface area (Å²) in [5.74, 6) is -2.43. The highest BCUT2D eigenvalue weighted by molar-refractivity contribution is 7.98. The number of thioether (sulfide) groups is 1. The first kappa shape index (κ1) is 24.8. The van der Waals surface area contributed by atoms with E-state index in [1.54, 1.807) is 0 Å². The summed E-state index contributed by atoms with van der Waals surface area (Å²) in [6.07, 6.45) is 5.00. The van der Waals surface area contributed by atoms with Gasteiger partial charge < -0.3 is 31.8 Å². The number of aromatic nitrogens is 2. The maximum absolute atomic E-state index is 12.7. The second-order valence-corrected chi connectivity index (χ2v) is 7.38. The van der Waals surface area contributed by atoms with Gasteiger partial charge in [0.25, 0.3) is 0 Å². The van der Waals surface area contributed by atoms with Gasteiger partial charge in [-0.3, -0.25) is 14.4 Å². The van der Waals surface area contributed by atoms with Gasteiger partial charge >= 0.3 is 5.97 Å². The fourth-order valence-corrected chi connectivity index (χ4v) is 3.04. The van der Waals surface area contributed by atoms with E-state index in [1.165, 1.54) is 24.3 Å². The van der Waals surface area contributed by atoms with E-state index < -0.39 is 41.8 Å². The van der Waals surface area contributed by atoms with Crippen LogP contribution in [-0.4, -0.2) is 81.2 Å². The molecule has 0 aliphatic carbocycles. The van der Waals surface area contributed by atoms with Gasteiger partial charge in [-0.2, -0.15) is 24.4 Å². The van der Waals surface area contributed by atoms with Gasteiger partial charge in [0, 0.05) is 24.1 Å². The van der Waals surface area contributed by atoms with Crippen molar-refractivity contribution in [1.82, 2.24) is 25.9 Å². The molecule has 1 rings (SSSR count). The Morgan fingerprint density at radius 3 is 2.38 bits per heavy atom. The zero-order chi connectivity index (χ0) is 21.8. The molecule has 3 unspecified atom stereocenters. The molecule has 0 aliphatic rings. The SMILES string of the molecule is CSCCC(NC(=O)C(CS)NC(=O)CN)C(=O)NC(Cc1cnc[nH]1)C(=O)O. The molecule has 1 aromatic rings. The molecule has 0 aliphatic heterocycles. The van der Waals surface area contributed by atoms with Crippen LogP contribution in [0.4, 0.5) is 0 Å². The molecule has 0 radical (unpaired) electrons. The fourth-order valence-electron chi connectivity index (χ4n) is 2.31. The van der Waals surface area contributed by atoms with E-state index in [4.69, 9.17) is 5.73 Å².